The number of amides is 1. The van der Waals surface area contributed by atoms with Gasteiger partial charge in [-0.3, -0.25) is 4.79 Å². The van der Waals surface area contributed by atoms with Gasteiger partial charge in [0.15, 0.2) is 0 Å². The van der Waals surface area contributed by atoms with Crippen LogP contribution >= 0.6 is 0 Å². The van der Waals surface area contributed by atoms with Crippen LogP contribution in [-0.4, -0.2) is 13.0 Å². The van der Waals surface area contributed by atoms with E-state index in [0.29, 0.717) is 12.1 Å². The van der Waals surface area contributed by atoms with E-state index in [1.807, 2.05) is 24.3 Å². The third-order valence-corrected chi connectivity index (χ3v) is 3.42. The molecule has 0 saturated carbocycles. The van der Waals surface area contributed by atoms with Crippen LogP contribution in [0.2, 0.25) is 0 Å². The summed E-state index contributed by atoms with van der Waals surface area (Å²) in [6.45, 7) is 2.21. The highest BCUT2D eigenvalue weighted by Gasteiger charge is 2.12. The quantitative estimate of drug-likeness (QED) is 0.569. The summed E-state index contributed by atoms with van der Waals surface area (Å²) < 4.78 is 0. The van der Waals surface area contributed by atoms with Crippen LogP contribution in [0.1, 0.15) is 51.9 Å². The molecule has 0 aliphatic rings. The molecular formula is C16H26N2O. The van der Waals surface area contributed by atoms with Crippen LogP contribution in [0.25, 0.3) is 0 Å². The summed E-state index contributed by atoms with van der Waals surface area (Å²) in [5.41, 5.74) is 7.33. The fourth-order valence-corrected chi connectivity index (χ4v) is 2.15. The number of rotatable bonds is 8. The van der Waals surface area contributed by atoms with Crippen molar-refractivity contribution in [1.82, 2.24) is 0 Å². The van der Waals surface area contributed by atoms with Crippen LogP contribution in [0.5, 0.6) is 0 Å². The maximum atomic E-state index is 12.1. The Hall–Kier alpha value is -1.51. The first kappa shape index (κ1) is 15.5. The monoisotopic (exact) mass is 262 g/mol. The van der Waals surface area contributed by atoms with Gasteiger partial charge in [-0.15, -0.1) is 0 Å². The van der Waals surface area contributed by atoms with E-state index in [9.17, 15) is 4.79 Å². The van der Waals surface area contributed by atoms with E-state index in [2.05, 4.69) is 6.92 Å². The van der Waals surface area contributed by atoms with Gasteiger partial charge in [0, 0.05) is 13.5 Å². The van der Waals surface area contributed by atoms with E-state index in [4.69, 9.17) is 5.73 Å². The predicted octanol–water partition coefficient (Wildman–Crippen LogP) is 3.98. The number of hydrogen-bond acceptors (Lipinski definition) is 2. The summed E-state index contributed by atoms with van der Waals surface area (Å²) >= 11 is 0. The molecule has 1 rings (SSSR count). The van der Waals surface area contributed by atoms with E-state index < -0.39 is 0 Å². The van der Waals surface area contributed by atoms with E-state index in [1.54, 1.807) is 11.9 Å². The molecule has 0 spiro atoms. The van der Waals surface area contributed by atoms with Crippen molar-refractivity contribution in [3.8, 4) is 0 Å². The highest BCUT2D eigenvalue weighted by Crippen LogP contribution is 2.22. The first-order valence-corrected chi connectivity index (χ1v) is 7.28. The van der Waals surface area contributed by atoms with E-state index in [0.717, 1.165) is 18.5 Å². The minimum atomic E-state index is 0.147. The molecule has 0 unspecified atom stereocenters. The minimum Gasteiger partial charge on any atom is -0.397 e. The number of hydrogen-bond donors (Lipinski definition) is 1. The molecule has 1 aromatic carbocycles. The van der Waals surface area contributed by atoms with Crippen LogP contribution in [0.15, 0.2) is 24.3 Å². The average Bonchev–Trinajstić information content (AvgIpc) is 2.42. The molecule has 0 bridgehead atoms. The SMILES string of the molecule is CCCCCCCCC(=O)N(C)c1ccccc1N. The third kappa shape index (κ3) is 5.33. The molecule has 0 aliphatic carbocycles. The van der Waals surface area contributed by atoms with Gasteiger partial charge >= 0.3 is 0 Å². The summed E-state index contributed by atoms with van der Waals surface area (Å²) in [6.07, 6.45) is 7.80. The van der Waals surface area contributed by atoms with E-state index in [1.165, 1.54) is 25.7 Å². The molecule has 1 aromatic rings. The number of nitrogens with two attached hydrogens (primary N) is 1. The maximum absolute atomic E-state index is 12.1. The lowest BCUT2D eigenvalue weighted by Crippen LogP contribution is -2.26. The number of carbonyl (C=O) groups excluding carboxylic acids is 1. The normalized spacial score (nSPS) is 10.4. The smallest absolute Gasteiger partial charge is 0.226 e. The largest absolute Gasteiger partial charge is 0.397 e. The Bertz CT molecular complexity index is 390. The van der Waals surface area contributed by atoms with Gasteiger partial charge in [-0.2, -0.15) is 0 Å². The first-order valence-electron chi connectivity index (χ1n) is 7.28. The summed E-state index contributed by atoms with van der Waals surface area (Å²) in [5.74, 6) is 0.147. The zero-order chi connectivity index (χ0) is 14.1. The number of nitrogen functional groups attached to an aromatic ring is 1. The lowest BCUT2D eigenvalue weighted by Gasteiger charge is -2.19. The number of para-hydroxylation sites is 2. The molecule has 0 saturated heterocycles. The molecule has 2 N–H and O–H groups in total. The van der Waals surface area contributed by atoms with E-state index in [-0.39, 0.29) is 5.91 Å². The lowest BCUT2D eigenvalue weighted by molar-refractivity contribution is -0.118. The summed E-state index contributed by atoms with van der Waals surface area (Å²) in [5, 5.41) is 0. The third-order valence-electron chi connectivity index (χ3n) is 3.42. The molecule has 0 heterocycles. The Labute approximate surface area is 116 Å². The zero-order valence-corrected chi connectivity index (χ0v) is 12.2. The zero-order valence-electron chi connectivity index (χ0n) is 12.2. The molecular weight excluding hydrogens is 236 g/mol. The van der Waals surface area contributed by atoms with Gasteiger partial charge in [0.05, 0.1) is 11.4 Å². The molecule has 0 radical (unpaired) electrons. The average molecular weight is 262 g/mol. The predicted molar refractivity (Wildman–Crippen MR) is 82.3 cm³/mol. The number of benzene rings is 1. The van der Waals surface area contributed by atoms with Gasteiger partial charge in [0.25, 0.3) is 0 Å². The van der Waals surface area contributed by atoms with E-state index >= 15 is 0 Å². The highest BCUT2D eigenvalue weighted by molar-refractivity contribution is 5.95. The first-order chi connectivity index (χ1) is 9.16. The molecule has 0 fully saturated rings. The number of nitrogens with zero attached hydrogens (tertiary/aromatic N) is 1. The van der Waals surface area contributed by atoms with Crippen LogP contribution in [-0.2, 0) is 4.79 Å². The minimum absolute atomic E-state index is 0.147. The van der Waals surface area contributed by atoms with Crippen molar-refractivity contribution >= 4 is 17.3 Å². The van der Waals surface area contributed by atoms with Crippen molar-refractivity contribution < 1.29 is 4.79 Å². The fourth-order valence-electron chi connectivity index (χ4n) is 2.15. The molecule has 3 heteroatoms. The van der Waals surface area contributed by atoms with Gasteiger partial charge < -0.3 is 10.6 Å². The Balaban J connectivity index is 2.31. The molecule has 106 valence electrons. The number of carbonyl (C=O) groups is 1. The van der Waals surface area contributed by atoms with Crippen LogP contribution in [0.4, 0.5) is 11.4 Å². The van der Waals surface area contributed by atoms with Gasteiger partial charge in [-0.1, -0.05) is 51.2 Å². The van der Waals surface area contributed by atoms with Crippen molar-refractivity contribution in [3.63, 3.8) is 0 Å². The second-order valence-electron chi connectivity index (χ2n) is 5.03. The molecule has 3 nitrogen and oxygen atoms in total. The fraction of sp³-hybridized carbons (Fsp3) is 0.562. The molecule has 19 heavy (non-hydrogen) atoms. The Kier molecular flexibility index (Phi) is 7.01. The van der Waals surface area contributed by atoms with Crippen LogP contribution < -0.4 is 10.6 Å². The molecule has 1 amide bonds. The Morgan fingerprint density at radius 2 is 1.74 bits per heavy atom. The van der Waals surface area contributed by atoms with Crippen molar-refractivity contribution in [3.05, 3.63) is 24.3 Å². The van der Waals surface area contributed by atoms with Crippen LogP contribution in [0, 0.1) is 0 Å². The van der Waals surface area contributed by atoms with Crippen molar-refractivity contribution in [2.75, 3.05) is 17.7 Å². The van der Waals surface area contributed by atoms with Crippen molar-refractivity contribution in [1.29, 1.82) is 0 Å². The van der Waals surface area contributed by atoms with Crippen LogP contribution in [0.3, 0.4) is 0 Å². The molecule has 0 aliphatic heterocycles. The standard InChI is InChI=1S/C16H26N2O/c1-3-4-5-6-7-8-13-16(19)18(2)15-12-10-9-11-14(15)17/h9-12H,3-8,13,17H2,1-2H3. The lowest BCUT2D eigenvalue weighted by atomic mass is 10.1. The molecule has 0 aromatic heterocycles. The maximum Gasteiger partial charge on any atom is 0.226 e. The highest BCUT2D eigenvalue weighted by atomic mass is 16.2. The second kappa shape index (κ2) is 8.57. The topological polar surface area (TPSA) is 46.3 Å². The molecule has 0 atom stereocenters. The number of unbranched alkanes of at least 4 members (excludes halogenated alkanes) is 5. The van der Waals surface area contributed by atoms with Gasteiger partial charge in [-0.25, -0.2) is 0 Å². The van der Waals surface area contributed by atoms with Gasteiger partial charge in [0.1, 0.15) is 0 Å². The number of anilines is 2. The Morgan fingerprint density at radius 1 is 1.11 bits per heavy atom. The second-order valence-corrected chi connectivity index (χ2v) is 5.03. The van der Waals surface area contributed by atoms with Gasteiger partial charge in [-0.05, 0) is 18.6 Å². The van der Waals surface area contributed by atoms with Crippen molar-refractivity contribution in [2.45, 2.75) is 51.9 Å². The van der Waals surface area contributed by atoms with Crippen molar-refractivity contribution in [2.24, 2.45) is 0 Å². The summed E-state index contributed by atoms with van der Waals surface area (Å²) in [6, 6.07) is 7.49. The van der Waals surface area contributed by atoms with Gasteiger partial charge in [0.2, 0.25) is 5.91 Å². The summed E-state index contributed by atoms with van der Waals surface area (Å²) in [7, 11) is 1.80. The summed E-state index contributed by atoms with van der Waals surface area (Å²) in [4.78, 5) is 13.7. The Morgan fingerprint density at radius 3 is 2.42 bits per heavy atom.